The molecule has 0 fully saturated rings. The van der Waals surface area contributed by atoms with E-state index in [9.17, 15) is 26.4 Å². The normalized spacial score (nSPS) is 15.4. The molecule has 0 aromatic heterocycles. The van der Waals surface area contributed by atoms with E-state index in [1.807, 2.05) is 4.72 Å². The van der Waals surface area contributed by atoms with E-state index in [0.717, 1.165) is 37.5 Å². The first-order valence-corrected chi connectivity index (χ1v) is 9.78. The van der Waals surface area contributed by atoms with Crippen LogP contribution < -0.4 is 10.0 Å². The summed E-state index contributed by atoms with van der Waals surface area (Å²) in [7, 11) is -4.21. The van der Waals surface area contributed by atoms with E-state index in [1.165, 1.54) is 12.0 Å². The van der Waals surface area contributed by atoms with Gasteiger partial charge in [-0.25, -0.2) is 13.1 Å². The molecular formula is C17H21F3N2O3S. The van der Waals surface area contributed by atoms with Crippen LogP contribution in [0.1, 0.15) is 37.7 Å². The first kappa shape index (κ1) is 20.4. The molecule has 0 spiro atoms. The number of carbonyl (C=O) groups is 1. The average Bonchev–Trinajstić information content (AvgIpc) is 2.60. The molecule has 1 aromatic rings. The molecule has 0 aliphatic heterocycles. The molecular weight excluding hydrogens is 369 g/mol. The Bertz CT molecular complexity index is 774. The molecule has 0 radical (unpaired) electrons. The monoisotopic (exact) mass is 390 g/mol. The minimum atomic E-state index is -4.64. The molecule has 0 atom stereocenters. The molecule has 5 nitrogen and oxygen atoms in total. The van der Waals surface area contributed by atoms with E-state index in [1.54, 1.807) is 0 Å². The van der Waals surface area contributed by atoms with Crippen LogP contribution in [0.2, 0.25) is 0 Å². The molecule has 0 bridgehead atoms. The minimum Gasteiger partial charge on any atom is -0.355 e. The van der Waals surface area contributed by atoms with Crippen LogP contribution in [0.15, 0.2) is 40.8 Å². The highest BCUT2D eigenvalue weighted by atomic mass is 32.2. The topological polar surface area (TPSA) is 75.3 Å². The van der Waals surface area contributed by atoms with Crippen LogP contribution in [-0.2, 0) is 21.0 Å². The SMILES string of the molecule is O=C(CNS(=O)(=O)c1cccc(C(F)(F)F)c1)NCCC1=CCCCC1. The lowest BCUT2D eigenvalue weighted by Gasteiger charge is -2.13. The van der Waals surface area contributed by atoms with Gasteiger partial charge < -0.3 is 5.32 Å². The maximum Gasteiger partial charge on any atom is 0.416 e. The van der Waals surface area contributed by atoms with Crippen molar-refractivity contribution in [1.82, 2.24) is 10.0 Å². The summed E-state index contributed by atoms with van der Waals surface area (Å²) < 4.78 is 64.2. The van der Waals surface area contributed by atoms with Gasteiger partial charge in [0.1, 0.15) is 0 Å². The zero-order chi connectivity index (χ0) is 19.2. The Morgan fingerprint density at radius 2 is 1.96 bits per heavy atom. The Labute approximate surface area is 150 Å². The lowest BCUT2D eigenvalue weighted by molar-refractivity contribution is -0.137. The lowest BCUT2D eigenvalue weighted by atomic mass is 9.97. The summed E-state index contributed by atoms with van der Waals surface area (Å²) in [5.41, 5.74) is 0.215. The second-order valence-electron chi connectivity index (χ2n) is 6.06. The van der Waals surface area contributed by atoms with E-state index in [2.05, 4.69) is 11.4 Å². The zero-order valence-electron chi connectivity index (χ0n) is 14.1. The van der Waals surface area contributed by atoms with Crippen molar-refractivity contribution in [1.29, 1.82) is 0 Å². The average molecular weight is 390 g/mol. The first-order chi connectivity index (χ1) is 12.2. The molecule has 0 saturated heterocycles. The van der Waals surface area contributed by atoms with Gasteiger partial charge in [-0.2, -0.15) is 13.2 Å². The number of sulfonamides is 1. The van der Waals surface area contributed by atoms with Crippen molar-refractivity contribution in [2.45, 2.75) is 43.2 Å². The third kappa shape index (κ3) is 6.14. The fourth-order valence-corrected chi connectivity index (χ4v) is 3.67. The Balaban J connectivity index is 1.85. The highest BCUT2D eigenvalue weighted by molar-refractivity contribution is 7.89. The van der Waals surface area contributed by atoms with Crippen LogP contribution in [0.4, 0.5) is 13.2 Å². The molecule has 0 unspecified atom stereocenters. The summed E-state index contributed by atoms with van der Waals surface area (Å²) in [5, 5.41) is 2.60. The molecule has 9 heteroatoms. The number of alkyl halides is 3. The predicted molar refractivity (Wildman–Crippen MR) is 90.8 cm³/mol. The van der Waals surface area contributed by atoms with E-state index < -0.39 is 39.1 Å². The Morgan fingerprint density at radius 1 is 1.19 bits per heavy atom. The van der Waals surface area contributed by atoms with Crippen molar-refractivity contribution in [3.8, 4) is 0 Å². The number of carbonyl (C=O) groups excluding carboxylic acids is 1. The van der Waals surface area contributed by atoms with Crippen molar-refractivity contribution in [2.75, 3.05) is 13.1 Å². The Kier molecular flexibility index (Phi) is 6.82. The molecule has 0 saturated carbocycles. The van der Waals surface area contributed by atoms with Gasteiger partial charge in [0, 0.05) is 6.54 Å². The molecule has 26 heavy (non-hydrogen) atoms. The van der Waals surface area contributed by atoms with Gasteiger partial charge in [-0.1, -0.05) is 17.7 Å². The van der Waals surface area contributed by atoms with Gasteiger partial charge in [0.25, 0.3) is 0 Å². The Hall–Kier alpha value is -1.87. The molecule has 2 N–H and O–H groups in total. The first-order valence-electron chi connectivity index (χ1n) is 8.30. The largest absolute Gasteiger partial charge is 0.416 e. The molecule has 144 valence electrons. The van der Waals surface area contributed by atoms with Gasteiger partial charge in [0.05, 0.1) is 17.0 Å². The number of allylic oxidation sites excluding steroid dienone is 1. The maximum absolute atomic E-state index is 12.7. The summed E-state index contributed by atoms with van der Waals surface area (Å²) in [6, 6.07) is 3.38. The van der Waals surface area contributed by atoms with Crippen LogP contribution in [0.25, 0.3) is 0 Å². The van der Waals surface area contributed by atoms with E-state index in [-0.39, 0.29) is 0 Å². The van der Waals surface area contributed by atoms with Crippen molar-refractivity contribution in [2.24, 2.45) is 0 Å². The van der Waals surface area contributed by atoms with Crippen molar-refractivity contribution in [3.05, 3.63) is 41.5 Å². The highest BCUT2D eigenvalue weighted by Gasteiger charge is 2.31. The van der Waals surface area contributed by atoms with Gasteiger partial charge in [-0.05, 0) is 50.3 Å². The van der Waals surface area contributed by atoms with Crippen molar-refractivity contribution in [3.63, 3.8) is 0 Å². The van der Waals surface area contributed by atoms with Crippen LogP contribution >= 0.6 is 0 Å². The molecule has 1 amide bonds. The van der Waals surface area contributed by atoms with Gasteiger partial charge in [-0.15, -0.1) is 0 Å². The van der Waals surface area contributed by atoms with E-state index in [0.29, 0.717) is 19.0 Å². The summed E-state index contributed by atoms with van der Waals surface area (Å²) in [4.78, 5) is 11.2. The second-order valence-corrected chi connectivity index (χ2v) is 7.83. The van der Waals surface area contributed by atoms with E-state index in [4.69, 9.17) is 0 Å². The standard InChI is InChI=1S/C17H21F3N2O3S/c18-17(19,20)14-7-4-8-15(11-14)26(24,25)22-12-16(23)21-10-9-13-5-2-1-3-6-13/h4-5,7-8,11,22H,1-3,6,9-10,12H2,(H,21,23). The van der Waals surface area contributed by atoms with Gasteiger partial charge >= 0.3 is 6.18 Å². The van der Waals surface area contributed by atoms with Crippen LogP contribution in [0.3, 0.4) is 0 Å². The Morgan fingerprint density at radius 3 is 2.62 bits per heavy atom. The molecule has 1 aliphatic rings. The number of halogens is 3. The third-order valence-corrected chi connectivity index (χ3v) is 5.45. The van der Waals surface area contributed by atoms with Gasteiger partial charge in [0.15, 0.2) is 0 Å². The summed E-state index contributed by atoms with van der Waals surface area (Å²) >= 11 is 0. The minimum absolute atomic E-state index is 0.399. The number of benzene rings is 1. The number of nitrogens with one attached hydrogen (secondary N) is 2. The second kappa shape index (κ2) is 8.68. The quantitative estimate of drug-likeness (QED) is 0.703. The molecule has 1 aliphatic carbocycles. The van der Waals surface area contributed by atoms with Crippen LogP contribution in [-0.4, -0.2) is 27.4 Å². The summed E-state index contributed by atoms with van der Waals surface area (Å²) in [6.07, 6.45) is 2.59. The molecule has 1 aromatic carbocycles. The van der Waals surface area contributed by atoms with Gasteiger partial charge in [-0.3, -0.25) is 4.79 Å². The smallest absolute Gasteiger partial charge is 0.355 e. The number of hydrogen-bond donors (Lipinski definition) is 2. The summed E-state index contributed by atoms with van der Waals surface area (Å²) in [6.45, 7) is -0.131. The fraction of sp³-hybridized carbons (Fsp3) is 0.471. The highest BCUT2D eigenvalue weighted by Crippen LogP contribution is 2.30. The van der Waals surface area contributed by atoms with Crippen LogP contribution in [0, 0.1) is 0 Å². The number of hydrogen-bond acceptors (Lipinski definition) is 3. The number of rotatable bonds is 7. The van der Waals surface area contributed by atoms with Gasteiger partial charge in [0.2, 0.25) is 15.9 Å². The van der Waals surface area contributed by atoms with Crippen LogP contribution in [0.5, 0.6) is 0 Å². The number of amides is 1. The van der Waals surface area contributed by atoms with E-state index >= 15 is 0 Å². The molecule has 0 heterocycles. The fourth-order valence-electron chi connectivity index (χ4n) is 2.64. The molecule has 2 rings (SSSR count). The van der Waals surface area contributed by atoms with Crippen molar-refractivity contribution >= 4 is 15.9 Å². The lowest BCUT2D eigenvalue weighted by Crippen LogP contribution is -2.37. The zero-order valence-corrected chi connectivity index (χ0v) is 14.9. The predicted octanol–water partition coefficient (Wildman–Crippen LogP) is 2.99. The maximum atomic E-state index is 12.7. The van der Waals surface area contributed by atoms with Crippen molar-refractivity contribution < 1.29 is 26.4 Å². The third-order valence-electron chi connectivity index (χ3n) is 4.05. The summed E-state index contributed by atoms with van der Waals surface area (Å²) in [5.74, 6) is -0.531.